The van der Waals surface area contributed by atoms with Gasteiger partial charge in [0.15, 0.2) is 0 Å². The van der Waals surface area contributed by atoms with Crippen LogP contribution in [0.15, 0.2) is 48.8 Å². The highest BCUT2D eigenvalue weighted by atomic mass is 35.5. The van der Waals surface area contributed by atoms with E-state index in [1.807, 2.05) is 38.1 Å². The van der Waals surface area contributed by atoms with Gasteiger partial charge in [0.05, 0.1) is 23.4 Å². The number of halogens is 1. The molecule has 0 bridgehead atoms. The van der Waals surface area contributed by atoms with E-state index >= 15 is 0 Å². The standard InChI is InChI=1S/C23H22ClN5O4/c1-23(2)19-15(21(30)29(23)11-13-4-6-14(33-3)7-5-13)8-9-16(20(19)24)27-17-10-18(26-12-25-17)28-22(31)32/h4-10,12H,11H2,1-3H3,(H,31,32)(H2,25,26,27,28). The van der Waals surface area contributed by atoms with E-state index < -0.39 is 11.6 Å². The van der Waals surface area contributed by atoms with E-state index in [0.29, 0.717) is 34.2 Å². The maximum atomic E-state index is 13.2. The smallest absolute Gasteiger partial charge is 0.410 e. The molecule has 1 aromatic heterocycles. The largest absolute Gasteiger partial charge is 0.497 e. The van der Waals surface area contributed by atoms with Crippen molar-refractivity contribution in [2.24, 2.45) is 0 Å². The number of carbonyl (C=O) groups excluding carboxylic acids is 1. The Bertz CT molecular complexity index is 1230. The first-order chi connectivity index (χ1) is 15.7. The van der Waals surface area contributed by atoms with E-state index in [-0.39, 0.29) is 11.7 Å². The van der Waals surface area contributed by atoms with Gasteiger partial charge in [0.2, 0.25) is 0 Å². The van der Waals surface area contributed by atoms with Gasteiger partial charge in [-0.15, -0.1) is 0 Å². The Morgan fingerprint density at radius 3 is 2.52 bits per heavy atom. The summed E-state index contributed by atoms with van der Waals surface area (Å²) in [5, 5.41) is 14.5. The second kappa shape index (κ2) is 8.59. The number of hydrogen-bond donors (Lipinski definition) is 3. The summed E-state index contributed by atoms with van der Waals surface area (Å²) < 4.78 is 5.21. The molecule has 33 heavy (non-hydrogen) atoms. The van der Waals surface area contributed by atoms with Crippen LogP contribution in [0, 0.1) is 0 Å². The second-order valence-electron chi connectivity index (χ2n) is 7.99. The third-order valence-corrected chi connectivity index (χ3v) is 5.96. The molecule has 0 fully saturated rings. The van der Waals surface area contributed by atoms with Crippen molar-refractivity contribution in [3.05, 3.63) is 70.5 Å². The van der Waals surface area contributed by atoms with Gasteiger partial charge in [-0.3, -0.25) is 10.1 Å². The van der Waals surface area contributed by atoms with Crippen LogP contribution in [0.25, 0.3) is 0 Å². The highest BCUT2D eigenvalue weighted by molar-refractivity contribution is 6.35. The first kappa shape index (κ1) is 22.3. The molecule has 3 N–H and O–H groups in total. The number of nitrogens with zero attached hydrogens (tertiary/aromatic N) is 3. The van der Waals surface area contributed by atoms with Gasteiger partial charge in [0, 0.05) is 23.7 Å². The number of fused-ring (bicyclic) bond motifs is 1. The van der Waals surface area contributed by atoms with Crippen molar-refractivity contribution in [1.82, 2.24) is 14.9 Å². The van der Waals surface area contributed by atoms with E-state index in [4.69, 9.17) is 21.4 Å². The summed E-state index contributed by atoms with van der Waals surface area (Å²) in [5.74, 6) is 1.12. The maximum absolute atomic E-state index is 13.2. The van der Waals surface area contributed by atoms with Crippen LogP contribution in [-0.4, -0.2) is 39.1 Å². The molecule has 0 unspecified atom stereocenters. The van der Waals surface area contributed by atoms with Crippen molar-refractivity contribution in [3.8, 4) is 5.75 Å². The summed E-state index contributed by atoms with van der Waals surface area (Å²) in [6.45, 7) is 4.32. The highest BCUT2D eigenvalue weighted by Crippen LogP contribution is 2.46. The van der Waals surface area contributed by atoms with Gasteiger partial charge in [-0.25, -0.2) is 14.8 Å². The van der Waals surface area contributed by atoms with Crippen LogP contribution in [0.1, 0.15) is 35.3 Å². The van der Waals surface area contributed by atoms with Crippen molar-refractivity contribution >= 4 is 40.9 Å². The zero-order chi connectivity index (χ0) is 23.8. The Labute approximate surface area is 195 Å². The zero-order valence-corrected chi connectivity index (χ0v) is 19.0. The van der Waals surface area contributed by atoms with Gasteiger partial charge in [-0.2, -0.15) is 0 Å². The number of aromatic nitrogens is 2. The molecule has 2 aromatic carbocycles. The van der Waals surface area contributed by atoms with Crippen LogP contribution in [0.5, 0.6) is 5.75 Å². The number of carboxylic acid groups (broad SMARTS) is 1. The van der Waals surface area contributed by atoms with Gasteiger partial charge in [-0.05, 0) is 43.7 Å². The molecule has 2 heterocycles. The van der Waals surface area contributed by atoms with Gasteiger partial charge < -0.3 is 20.1 Å². The molecule has 9 nitrogen and oxygen atoms in total. The highest BCUT2D eigenvalue weighted by Gasteiger charge is 2.44. The summed E-state index contributed by atoms with van der Waals surface area (Å²) in [4.78, 5) is 33.9. The molecule has 0 atom stereocenters. The van der Waals surface area contributed by atoms with Crippen molar-refractivity contribution in [1.29, 1.82) is 0 Å². The summed E-state index contributed by atoms with van der Waals surface area (Å²) in [5.41, 5.74) is 2.11. The normalized spacial score (nSPS) is 14.1. The van der Waals surface area contributed by atoms with E-state index in [1.165, 1.54) is 12.4 Å². The minimum atomic E-state index is -1.23. The van der Waals surface area contributed by atoms with Crippen LogP contribution < -0.4 is 15.4 Å². The van der Waals surface area contributed by atoms with Crippen LogP contribution >= 0.6 is 11.6 Å². The minimum absolute atomic E-state index is 0.103. The van der Waals surface area contributed by atoms with Crippen molar-refractivity contribution in [2.75, 3.05) is 17.7 Å². The lowest BCUT2D eigenvalue weighted by atomic mass is 9.92. The summed E-state index contributed by atoms with van der Waals surface area (Å²) in [6.07, 6.45) is 0.00582. The predicted molar refractivity (Wildman–Crippen MR) is 124 cm³/mol. The van der Waals surface area contributed by atoms with Crippen LogP contribution in [0.2, 0.25) is 5.02 Å². The molecular formula is C23H22ClN5O4. The van der Waals surface area contributed by atoms with E-state index in [9.17, 15) is 9.59 Å². The number of hydrogen-bond acceptors (Lipinski definition) is 6. The summed E-state index contributed by atoms with van der Waals surface area (Å²) in [6, 6.07) is 12.5. The fraction of sp³-hybridized carbons (Fsp3) is 0.217. The van der Waals surface area contributed by atoms with Crippen molar-refractivity contribution in [3.63, 3.8) is 0 Å². The molecule has 3 aromatic rings. The van der Waals surface area contributed by atoms with E-state index in [0.717, 1.165) is 11.3 Å². The van der Waals surface area contributed by atoms with E-state index in [1.54, 1.807) is 24.1 Å². The Kier molecular flexibility index (Phi) is 5.82. The summed E-state index contributed by atoms with van der Waals surface area (Å²) >= 11 is 6.77. The predicted octanol–water partition coefficient (Wildman–Crippen LogP) is 4.86. The fourth-order valence-corrected chi connectivity index (χ4v) is 4.35. The Morgan fingerprint density at radius 1 is 1.15 bits per heavy atom. The molecular weight excluding hydrogens is 446 g/mol. The molecule has 0 spiro atoms. The molecule has 10 heteroatoms. The number of methoxy groups -OCH3 is 1. The lowest BCUT2D eigenvalue weighted by Gasteiger charge is -2.33. The molecule has 0 saturated heterocycles. The van der Waals surface area contributed by atoms with Crippen molar-refractivity contribution in [2.45, 2.75) is 25.9 Å². The average Bonchev–Trinajstić information content (AvgIpc) is 2.96. The Balaban J connectivity index is 1.63. The monoisotopic (exact) mass is 467 g/mol. The SMILES string of the molecule is COc1ccc(CN2C(=O)c3ccc(Nc4cc(NC(=O)O)ncn4)c(Cl)c3C2(C)C)cc1. The average molecular weight is 468 g/mol. The number of ether oxygens (including phenoxy) is 1. The van der Waals surface area contributed by atoms with Gasteiger partial charge in [0.1, 0.15) is 23.7 Å². The van der Waals surface area contributed by atoms with Crippen LogP contribution in [-0.2, 0) is 12.1 Å². The van der Waals surface area contributed by atoms with Gasteiger partial charge in [0.25, 0.3) is 5.91 Å². The lowest BCUT2D eigenvalue weighted by molar-refractivity contribution is 0.0595. The molecule has 170 valence electrons. The molecule has 0 aliphatic carbocycles. The van der Waals surface area contributed by atoms with Gasteiger partial charge in [-0.1, -0.05) is 23.7 Å². The zero-order valence-electron chi connectivity index (χ0n) is 18.2. The van der Waals surface area contributed by atoms with Crippen molar-refractivity contribution < 1.29 is 19.4 Å². The lowest BCUT2D eigenvalue weighted by Crippen LogP contribution is -2.38. The molecule has 1 aliphatic rings. The van der Waals surface area contributed by atoms with Crippen LogP contribution in [0.3, 0.4) is 0 Å². The number of benzene rings is 2. The molecule has 2 amide bonds. The maximum Gasteiger partial charge on any atom is 0.410 e. The number of anilines is 3. The quantitative estimate of drug-likeness (QED) is 0.473. The van der Waals surface area contributed by atoms with Gasteiger partial charge >= 0.3 is 6.09 Å². The second-order valence-corrected chi connectivity index (χ2v) is 8.37. The first-order valence-electron chi connectivity index (χ1n) is 10.1. The molecule has 0 radical (unpaired) electrons. The van der Waals surface area contributed by atoms with E-state index in [2.05, 4.69) is 20.6 Å². The molecule has 4 rings (SSSR count). The Morgan fingerprint density at radius 2 is 1.85 bits per heavy atom. The molecule has 1 aliphatic heterocycles. The number of amides is 2. The number of carbonyl (C=O) groups is 2. The minimum Gasteiger partial charge on any atom is -0.497 e. The number of rotatable bonds is 6. The number of nitrogens with one attached hydrogen (secondary N) is 2. The topological polar surface area (TPSA) is 117 Å². The third kappa shape index (κ3) is 4.27. The fourth-order valence-electron chi connectivity index (χ4n) is 3.91. The Hall–Kier alpha value is -3.85. The third-order valence-electron chi connectivity index (χ3n) is 5.57. The molecule has 0 saturated carbocycles. The van der Waals surface area contributed by atoms with Crippen LogP contribution in [0.4, 0.5) is 22.1 Å². The summed E-state index contributed by atoms with van der Waals surface area (Å²) in [7, 11) is 1.61. The first-order valence-corrected chi connectivity index (χ1v) is 10.5.